The molecule has 1 rings (SSSR count). The number of halogens is 2. The molecule has 1 aromatic rings. The average Bonchev–Trinajstić information content (AvgIpc) is 2.51. The fourth-order valence-corrected chi connectivity index (χ4v) is 2.33. The van der Waals surface area contributed by atoms with Crippen molar-refractivity contribution in [3.8, 4) is 0 Å². The first-order valence-electron chi connectivity index (χ1n) is 3.11. The SMILES string of the molecule is COC(=O)c1ccc(C(Br)Br)s1. The highest BCUT2D eigenvalue weighted by Crippen LogP contribution is 2.34. The van der Waals surface area contributed by atoms with Crippen molar-refractivity contribution < 1.29 is 9.53 Å². The molecule has 0 aliphatic carbocycles. The van der Waals surface area contributed by atoms with Crippen LogP contribution in [0.2, 0.25) is 0 Å². The highest BCUT2D eigenvalue weighted by molar-refractivity contribution is 9.24. The van der Waals surface area contributed by atoms with Crippen LogP contribution in [-0.4, -0.2) is 13.1 Å². The summed E-state index contributed by atoms with van der Waals surface area (Å²) in [6, 6.07) is 3.63. The number of carbonyl (C=O) groups excluding carboxylic acids is 1. The van der Waals surface area contributed by atoms with Gasteiger partial charge in [-0.1, -0.05) is 31.9 Å². The van der Waals surface area contributed by atoms with Gasteiger partial charge in [0.15, 0.2) is 0 Å². The third-order valence-electron chi connectivity index (χ3n) is 1.23. The van der Waals surface area contributed by atoms with Gasteiger partial charge < -0.3 is 4.74 Å². The van der Waals surface area contributed by atoms with Crippen LogP contribution in [0.15, 0.2) is 12.1 Å². The van der Waals surface area contributed by atoms with Crippen LogP contribution in [0.3, 0.4) is 0 Å². The Morgan fingerprint density at radius 3 is 2.67 bits per heavy atom. The predicted molar refractivity (Wildman–Crippen MR) is 56.3 cm³/mol. The van der Waals surface area contributed by atoms with E-state index in [1.54, 1.807) is 6.07 Å². The monoisotopic (exact) mass is 312 g/mol. The van der Waals surface area contributed by atoms with Gasteiger partial charge in [0.25, 0.3) is 0 Å². The van der Waals surface area contributed by atoms with Crippen LogP contribution < -0.4 is 0 Å². The molecule has 0 amide bonds. The van der Waals surface area contributed by atoms with Gasteiger partial charge in [-0.05, 0) is 12.1 Å². The molecule has 0 spiro atoms. The van der Waals surface area contributed by atoms with Crippen LogP contribution in [0.5, 0.6) is 0 Å². The number of rotatable bonds is 2. The molecular formula is C7H6Br2O2S. The Kier molecular flexibility index (Phi) is 3.74. The van der Waals surface area contributed by atoms with Crippen LogP contribution in [-0.2, 0) is 4.74 Å². The van der Waals surface area contributed by atoms with Gasteiger partial charge >= 0.3 is 5.97 Å². The van der Waals surface area contributed by atoms with E-state index < -0.39 is 0 Å². The zero-order valence-corrected chi connectivity index (χ0v) is 10.2. The van der Waals surface area contributed by atoms with Crippen molar-refractivity contribution in [1.82, 2.24) is 0 Å². The molecule has 2 nitrogen and oxygen atoms in total. The van der Waals surface area contributed by atoms with Crippen molar-refractivity contribution in [3.63, 3.8) is 0 Å². The lowest BCUT2D eigenvalue weighted by molar-refractivity contribution is 0.0606. The van der Waals surface area contributed by atoms with E-state index in [1.807, 2.05) is 6.07 Å². The summed E-state index contributed by atoms with van der Waals surface area (Å²) in [6.07, 6.45) is 0. The van der Waals surface area contributed by atoms with Crippen molar-refractivity contribution in [2.24, 2.45) is 0 Å². The highest BCUT2D eigenvalue weighted by atomic mass is 79.9. The third-order valence-corrected chi connectivity index (χ3v) is 3.95. The number of hydrogen-bond acceptors (Lipinski definition) is 3. The Hall–Kier alpha value is 0.130. The number of esters is 1. The third kappa shape index (κ3) is 2.31. The maximum atomic E-state index is 11.0. The van der Waals surface area contributed by atoms with Crippen LogP contribution >= 0.6 is 43.2 Å². The number of ether oxygens (including phenoxy) is 1. The number of alkyl halides is 2. The molecule has 66 valence electrons. The first-order chi connectivity index (χ1) is 5.65. The van der Waals surface area contributed by atoms with E-state index in [2.05, 4.69) is 36.6 Å². The van der Waals surface area contributed by atoms with E-state index in [1.165, 1.54) is 18.4 Å². The molecule has 0 aromatic carbocycles. The second-order valence-electron chi connectivity index (χ2n) is 1.99. The molecule has 0 N–H and O–H groups in total. The van der Waals surface area contributed by atoms with E-state index >= 15 is 0 Å². The Balaban J connectivity index is 2.84. The molecule has 0 saturated carbocycles. The summed E-state index contributed by atoms with van der Waals surface area (Å²) in [7, 11) is 1.38. The summed E-state index contributed by atoms with van der Waals surface area (Å²) >= 11 is 8.09. The second kappa shape index (κ2) is 4.39. The van der Waals surface area contributed by atoms with Crippen molar-refractivity contribution in [2.45, 2.75) is 3.74 Å². The molecular weight excluding hydrogens is 308 g/mol. The molecule has 0 fully saturated rings. The van der Waals surface area contributed by atoms with E-state index in [9.17, 15) is 4.79 Å². The lowest BCUT2D eigenvalue weighted by atomic mass is 10.4. The summed E-state index contributed by atoms with van der Waals surface area (Å²) < 4.78 is 4.68. The van der Waals surface area contributed by atoms with Crippen molar-refractivity contribution in [3.05, 3.63) is 21.9 Å². The molecule has 0 radical (unpaired) electrons. The lowest BCUT2D eigenvalue weighted by Gasteiger charge is -1.94. The minimum absolute atomic E-state index is 0.105. The standard InChI is InChI=1S/C7H6Br2O2S/c1-11-7(10)5-3-2-4(12-5)6(8)9/h2-3,6H,1H3. The van der Waals surface area contributed by atoms with Gasteiger partial charge in [-0.15, -0.1) is 11.3 Å². The maximum Gasteiger partial charge on any atom is 0.348 e. The normalized spacial score (nSPS) is 10.3. The van der Waals surface area contributed by atoms with Gasteiger partial charge in [-0.2, -0.15) is 0 Å². The molecule has 0 aliphatic heterocycles. The van der Waals surface area contributed by atoms with Crippen molar-refractivity contribution in [1.29, 1.82) is 0 Å². The fourth-order valence-electron chi connectivity index (χ4n) is 0.680. The van der Waals surface area contributed by atoms with E-state index in [0.29, 0.717) is 4.88 Å². The number of carbonyl (C=O) groups is 1. The van der Waals surface area contributed by atoms with Crippen molar-refractivity contribution >= 4 is 49.2 Å². The fraction of sp³-hybridized carbons (Fsp3) is 0.286. The first-order valence-corrected chi connectivity index (χ1v) is 5.76. The minimum atomic E-state index is -0.285. The van der Waals surface area contributed by atoms with Gasteiger partial charge in [-0.25, -0.2) is 4.79 Å². The van der Waals surface area contributed by atoms with Gasteiger partial charge in [0, 0.05) is 4.88 Å². The molecule has 0 unspecified atom stereocenters. The summed E-state index contributed by atoms with van der Waals surface area (Å²) in [4.78, 5) is 12.7. The minimum Gasteiger partial charge on any atom is -0.465 e. The lowest BCUT2D eigenvalue weighted by Crippen LogP contribution is -1.96. The molecule has 0 saturated heterocycles. The van der Waals surface area contributed by atoms with Crippen LogP contribution in [0, 0.1) is 0 Å². The summed E-state index contributed by atoms with van der Waals surface area (Å²) in [5, 5.41) is 0. The summed E-state index contributed by atoms with van der Waals surface area (Å²) in [6.45, 7) is 0. The van der Waals surface area contributed by atoms with Gasteiger partial charge in [-0.3, -0.25) is 0 Å². The largest absolute Gasteiger partial charge is 0.465 e. The Morgan fingerprint density at radius 2 is 2.25 bits per heavy atom. The van der Waals surface area contributed by atoms with Gasteiger partial charge in [0.1, 0.15) is 8.61 Å². The van der Waals surface area contributed by atoms with E-state index in [-0.39, 0.29) is 9.71 Å². The Bertz CT molecular complexity index is 283. The highest BCUT2D eigenvalue weighted by Gasteiger charge is 2.11. The zero-order chi connectivity index (χ0) is 9.14. The topological polar surface area (TPSA) is 26.3 Å². The molecule has 12 heavy (non-hydrogen) atoms. The molecule has 1 aromatic heterocycles. The van der Waals surface area contributed by atoms with Gasteiger partial charge in [0.05, 0.1) is 7.11 Å². The molecule has 0 aliphatic rings. The second-order valence-corrected chi connectivity index (χ2v) is 6.17. The molecule has 5 heteroatoms. The first kappa shape index (κ1) is 10.2. The van der Waals surface area contributed by atoms with Crippen LogP contribution in [0.4, 0.5) is 0 Å². The smallest absolute Gasteiger partial charge is 0.348 e. The summed E-state index contributed by atoms with van der Waals surface area (Å²) in [5.74, 6) is -0.285. The average molecular weight is 314 g/mol. The Labute approximate surface area is 91.2 Å². The molecule has 0 atom stereocenters. The number of thiophene rings is 1. The Morgan fingerprint density at radius 1 is 1.58 bits per heavy atom. The number of methoxy groups -OCH3 is 1. The zero-order valence-electron chi connectivity index (χ0n) is 6.21. The van der Waals surface area contributed by atoms with Crippen LogP contribution in [0.1, 0.15) is 18.3 Å². The summed E-state index contributed by atoms with van der Waals surface area (Å²) in [5.41, 5.74) is 0. The van der Waals surface area contributed by atoms with Crippen LogP contribution in [0.25, 0.3) is 0 Å². The number of hydrogen-bond donors (Lipinski definition) is 0. The van der Waals surface area contributed by atoms with Gasteiger partial charge in [0.2, 0.25) is 0 Å². The quantitative estimate of drug-likeness (QED) is 0.618. The van der Waals surface area contributed by atoms with E-state index in [4.69, 9.17) is 0 Å². The predicted octanol–water partition coefficient (Wildman–Crippen LogP) is 3.32. The molecule has 0 bridgehead atoms. The van der Waals surface area contributed by atoms with E-state index in [0.717, 1.165) is 4.88 Å². The molecule has 1 heterocycles. The van der Waals surface area contributed by atoms with Crippen molar-refractivity contribution in [2.75, 3.05) is 7.11 Å². The maximum absolute atomic E-state index is 11.0.